The minimum Gasteiger partial charge on any atom is -0.456 e. The van der Waals surface area contributed by atoms with Crippen molar-refractivity contribution in [2.45, 2.75) is 12.1 Å². The molecule has 0 radical (unpaired) electrons. The Balaban J connectivity index is 1.30. The summed E-state index contributed by atoms with van der Waals surface area (Å²) in [5.41, 5.74) is 9.52. The van der Waals surface area contributed by atoms with Gasteiger partial charge < -0.3 is 14.2 Å². The molecule has 0 saturated carbocycles. The minimum absolute atomic E-state index is 0.0802. The van der Waals surface area contributed by atoms with Gasteiger partial charge in [0.05, 0.1) is 5.92 Å². The summed E-state index contributed by atoms with van der Waals surface area (Å²) in [5, 5.41) is 4.81. The SMILES string of the molecule is c1ccc2c(c1)C1c3ccccc3N(c3ccc4oc5ccccc5c4c3)C1N2c1ccc2ccccc2c1. The quantitative estimate of drug-likeness (QED) is 0.236. The van der Waals surface area contributed by atoms with E-state index in [9.17, 15) is 0 Å². The Hall–Kier alpha value is -5.02. The van der Waals surface area contributed by atoms with Crippen molar-refractivity contribution >= 4 is 55.5 Å². The first-order valence-corrected chi connectivity index (χ1v) is 13.5. The molecule has 0 N–H and O–H groups in total. The summed E-state index contributed by atoms with van der Waals surface area (Å²) >= 11 is 0. The van der Waals surface area contributed by atoms with Crippen LogP contribution >= 0.6 is 0 Å². The lowest BCUT2D eigenvalue weighted by atomic mass is 9.93. The standard InChI is InChI=1S/C36H24N2O/c1-2-10-24-21-25(18-17-23(24)9-1)37-31-14-6-3-12-28(31)35-29-13-4-7-15-32(29)38(36(35)37)26-19-20-34-30(22-26)27-11-5-8-16-33(27)39-34/h1-22,35-36H. The molecule has 0 spiro atoms. The first-order chi connectivity index (χ1) is 19.3. The van der Waals surface area contributed by atoms with E-state index in [1.807, 2.05) is 12.1 Å². The van der Waals surface area contributed by atoms with E-state index in [4.69, 9.17) is 4.42 Å². The van der Waals surface area contributed by atoms with Gasteiger partial charge >= 0.3 is 0 Å². The van der Waals surface area contributed by atoms with Gasteiger partial charge in [-0.3, -0.25) is 0 Å². The highest BCUT2D eigenvalue weighted by Crippen LogP contribution is 2.58. The maximum atomic E-state index is 6.18. The number of furan rings is 1. The van der Waals surface area contributed by atoms with Crippen molar-refractivity contribution in [2.24, 2.45) is 0 Å². The zero-order valence-electron chi connectivity index (χ0n) is 21.2. The third-order valence-corrected chi connectivity index (χ3v) is 8.54. The third-order valence-electron chi connectivity index (χ3n) is 8.54. The normalized spacial score (nSPS) is 17.6. The van der Waals surface area contributed by atoms with Gasteiger partial charge in [-0.25, -0.2) is 0 Å². The Morgan fingerprint density at radius 2 is 1.05 bits per heavy atom. The molecule has 3 heterocycles. The maximum Gasteiger partial charge on any atom is 0.135 e. The van der Waals surface area contributed by atoms with Crippen molar-refractivity contribution in [1.29, 1.82) is 0 Å². The zero-order chi connectivity index (χ0) is 25.5. The van der Waals surface area contributed by atoms with E-state index in [0.29, 0.717) is 0 Å². The molecule has 1 aromatic heterocycles. The van der Waals surface area contributed by atoms with E-state index >= 15 is 0 Å². The fourth-order valence-electron chi connectivity index (χ4n) is 6.90. The Kier molecular flexibility index (Phi) is 4.17. The molecular formula is C36H24N2O. The molecule has 3 nitrogen and oxygen atoms in total. The highest BCUT2D eigenvalue weighted by molar-refractivity contribution is 6.06. The molecule has 7 aromatic rings. The van der Waals surface area contributed by atoms with Crippen LogP contribution in [-0.2, 0) is 0 Å². The van der Waals surface area contributed by atoms with Gasteiger partial charge in [0.1, 0.15) is 17.3 Å². The molecule has 0 bridgehead atoms. The number of hydrogen-bond acceptors (Lipinski definition) is 3. The van der Waals surface area contributed by atoms with Crippen LogP contribution in [0.2, 0.25) is 0 Å². The molecule has 9 rings (SSSR count). The molecule has 2 unspecified atom stereocenters. The molecule has 2 atom stereocenters. The fourth-order valence-corrected chi connectivity index (χ4v) is 6.90. The van der Waals surface area contributed by atoms with E-state index in [1.54, 1.807) is 0 Å². The summed E-state index contributed by atoms with van der Waals surface area (Å²) in [4.78, 5) is 5.08. The zero-order valence-corrected chi connectivity index (χ0v) is 21.2. The van der Waals surface area contributed by atoms with Crippen molar-refractivity contribution < 1.29 is 4.42 Å². The summed E-state index contributed by atoms with van der Waals surface area (Å²) in [6.07, 6.45) is 0.0802. The minimum atomic E-state index is 0.0802. The predicted molar refractivity (Wildman–Crippen MR) is 160 cm³/mol. The second-order valence-corrected chi connectivity index (χ2v) is 10.6. The molecule has 3 heteroatoms. The van der Waals surface area contributed by atoms with Crippen LogP contribution in [0.15, 0.2) is 138 Å². The van der Waals surface area contributed by atoms with E-state index in [0.717, 1.165) is 21.9 Å². The van der Waals surface area contributed by atoms with Gasteiger partial charge in [-0.2, -0.15) is 0 Å². The summed E-state index contributed by atoms with van der Waals surface area (Å²) in [6, 6.07) is 48.3. The number of rotatable bonds is 2. The van der Waals surface area contributed by atoms with E-state index < -0.39 is 0 Å². The van der Waals surface area contributed by atoms with Crippen LogP contribution in [0.5, 0.6) is 0 Å². The monoisotopic (exact) mass is 500 g/mol. The molecular weight excluding hydrogens is 476 g/mol. The summed E-state index contributed by atoms with van der Waals surface area (Å²) in [7, 11) is 0. The number of benzene rings is 6. The predicted octanol–water partition coefficient (Wildman–Crippen LogP) is 9.50. The summed E-state index contributed by atoms with van der Waals surface area (Å²) in [6.45, 7) is 0. The second-order valence-electron chi connectivity index (χ2n) is 10.6. The van der Waals surface area contributed by atoms with E-state index in [1.165, 1.54) is 44.6 Å². The Bertz CT molecular complexity index is 2070. The van der Waals surface area contributed by atoms with Gasteiger partial charge in [0, 0.05) is 33.5 Å². The average molecular weight is 501 g/mol. The van der Waals surface area contributed by atoms with Gasteiger partial charge in [-0.1, -0.05) is 84.9 Å². The van der Waals surface area contributed by atoms with Crippen molar-refractivity contribution in [3.05, 3.63) is 145 Å². The van der Waals surface area contributed by atoms with Crippen LogP contribution in [0.4, 0.5) is 22.7 Å². The van der Waals surface area contributed by atoms with Crippen LogP contribution in [0.1, 0.15) is 17.0 Å². The second kappa shape index (κ2) is 7.75. The number of nitrogens with zero attached hydrogens (tertiary/aromatic N) is 2. The molecule has 0 saturated heterocycles. The fraction of sp³-hybridized carbons (Fsp3) is 0.0556. The lowest BCUT2D eigenvalue weighted by Crippen LogP contribution is -2.40. The largest absolute Gasteiger partial charge is 0.456 e. The van der Waals surface area contributed by atoms with Gasteiger partial charge in [0.2, 0.25) is 0 Å². The molecule has 6 aromatic carbocycles. The molecule has 39 heavy (non-hydrogen) atoms. The maximum absolute atomic E-state index is 6.18. The van der Waals surface area contributed by atoms with Crippen LogP contribution in [-0.4, -0.2) is 6.17 Å². The molecule has 0 amide bonds. The molecule has 2 aliphatic rings. The third kappa shape index (κ3) is 2.87. The Morgan fingerprint density at radius 3 is 1.85 bits per heavy atom. The first-order valence-electron chi connectivity index (χ1n) is 13.5. The summed E-state index contributed by atoms with van der Waals surface area (Å²) < 4.78 is 6.18. The number of fused-ring (bicyclic) bond motifs is 9. The number of hydrogen-bond donors (Lipinski definition) is 0. The van der Waals surface area contributed by atoms with Gasteiger partial charge in [0.15, 0.2) is 0 Å². The highest BCUT2D eigenvalue weighted by atomic mass is 16.3. The number of anilines is 4. The van der Waals surface area contributed by atoms with Crippen molar-refractivity contribution in [3.63, 3.8) is 0 Å². The van der Waals surface area contributed by atoms with Crippen molar-refractivity contribution in [2.75, 3.05) is 9.80 Å². The Morgan fingerprint density at radius 1 is 0.462 bits per heavy atom. The van der Waals surface area contributed by atoms with Crippen LogP contribution in [0.25, 0.3) is 32.7 Å². The lowest BCUT2D eigenvalue weighted by molar-refractivity contribution is 0.665. The lowest BCUT2D eigenvalue weighted by Gasteiger charge is -2.36. The smallest absolute Gasteiger partial charge is 0.135 e. The van der Waals surface area contributed by atoms with Crippen LogP contribution < -0.4 is 9.80 Å². The van der Waals surface area contributed by atoms with Crippen LogP contribution in [0, 0.1) is 0 Å². The highest BCUT2D eigenvalue weighted by Gasteiger charge is 2.49. The van der Waals surface area contributed by atoms with E-state index in [-0.39, 0.29) is 12.1 Å². The summed E-state index contributed by atoms with van der Waals surface area (Å²) in [5.74, 6) is 0.237. The van der Waals surface area contributed by atoms with Crippen molar-refractivity contribution in [1.82, 2.24) is 0 Å². The van der Waals surface area contributed by atoms with Gasteiger partial charge in [0.25, 0.3) is 0 Å². The molecule has 0 aliphatic carbocycles. The Labute approximate surface area is 226 Å². The topological polar surface area (TPSA) is 19.6 Å². The van der Waals surface area contributed by atoms with Gasteiger partial charge in [-0.05, 0) is 70.4 Å². The number of para-hydroxylation sites is 3. The van der Waals surface area contributed by atoms with Gasteiger partial charge in [-0.15, -0.1) is 0 Å². The molecule has 2 aliphatic heterocycles. The molecule has 0 fully saturated rings. The average Bonchev–Trinajstić information content (AvgIpc) is 3.64. The first kappa shape index (κ1) is 21.0. The molecule has 184 valence electrons. The van der Waals surface area contributed by atoms with Crippen LogP contribution in [0.3, 0.4) is 0 Å². The van der Waals surface area contributed by atoms with E-state index in [2.05, 4.69) is 131 Å². The van der Waals surface area contributed by atoms with Crippen molar-refractivity contribution in [3.8, 4) is 0 Å².